The van der Waals surface area contributed by atoms with Crippen molar-refractivity contribution in [2.75, 3.05) is 13.7 Å². The first-order valence-electron chi connectivity index (χ1n) is 5.88. The van der Waals surface area contributed by atoms with Gasteiger partial charge in [-0.15, -0.1) is 0 Å². The van der Waals surface area contributed by atoms with Gasteiger partial charge < -0.3 is 15.0 Å². The number of H-pyrrole nitrogens is 1. The fourth-order valence-corrected chi connectivity index (χ4v) is 3.16. The number of ether oxygens (including phenoxy) is 1. The molecule has 0 aliphatic carbocycles. The summed E-state index contributed by atoms with van der Waals surface area (Å²) < 4.78 is 6.42. The van der Waals surface area contributed by atoms with Crippen LogP contribution in [-0.2, 0) is 0 Å². The molecule has 0 radical (unpaired) electrons. The molecule has 1 aromatic carbocycles. The predicted octanol–water partition coefficient (Wildman–Crippen LogP) is 3.36. The van der Waals surface area contributed by atoms with Crippen molar-refractivity contribution in [1.82, 2.24) is 10.3 Å². The number of halogens is 1. The summed E-state index contributed by atoms with van der Waals surface area (Å²) >= 11 is 3.70. The van der Waals surface area contributed by atoms with Gasteiger partial charge in [-0.2, -0.15) is 0 Å². The lowest BCUT2D eigenvalue weighted by Gasteiger charge is -2.08. The molecular formula is C13H15BrN2O. The van der Waals surface area contributed by atoms with Crippen LogP contribution in [0.2, 0.25) is 0 Å². The maximum absolute atomic E-state index is 5.26. The molecule has 0 amide bonds. The van der Waals surface area contributed by atoms with Crippen LogP contribution in [0.25, 0.3) is 10.9 Å². The molecule has 2 aromatic rings. The number of hydrogen-bond acceptors (Lipinski definition) is 2. The lowest BCUT2D eigenvalue weighted by Crippen LogP contribution is -2.13. The van der Waals surface area contributed by atoms with Gasteiger partial charge in [0.2, 0.25) is 0 Å². The van der Waals surface area contributed by atoms with Crippen molar-refractivity contribution in [3.8, 4) is 5.75 Å². The van der Waals surface area contributed by atoms with Gasteiger partial charge in [-0.3, -0.25) is 0 Å². The summed E-state index contributed by atoms with van der Waals surface area (Å²) in [5.74, 6) is 0.892. The second kappa shape index (κ2) is 4.35. The van der Waals surface area contributed by atoms with Crippen LogP contribution in [0.1, 0.15) is 24.6 Å². The van der Waals surface area contributed by atoms with E-state index in [-0.39, 0.29) is 0 Å². The number of aromatic amines is 1. The van der Waals surface area contributed by atoms with Gasteiger partial charge in [-0.1, -0.05) is 0 Å². The highest BCUT2D eigenvalue weighted by molar-refractivity contribution is 9.10. The molecule has 3 rings (SSSR count). The van der Waals surface area contributed by atoms with Crippen LogP contribution in [0.3, 0.4) is 0 Å². The predicted molar refractivity (Wildman–Crippen MR) is 72.5 cm³/mol. The van der Waals surface area contributed by atoms with E-state index in [1.165, 1.54) is 23.9 Å². The Hall–Kier alpha value is -1.00. The van der Waals surface area contributed by atoms with Gasteiger partial charge in [0.1, 0.15) is 5.75 Å². The summed E-state index contributed by atoms with van der Waals surface area (Å²) in [7, 11) is 1.70. The second-order valence-electron chi connectivity index (χ2n) is 4.41. The third-order valence-corrected chi connectivity index (χ3v) is 4.23. The maximum atomic E-state index is 5.26. The molecule has 1 atom stereocenters. The molecule has 0 spiro atoms. The zero-order chi connectivity index (χ0) is 11.8. The zero-order valence-corrected chi connectivity index (χ0v) is 11.3. The molecule has 0 saturated carbocycles. The van der Waals surface area contributed by atoms with Crippen LogP contribution < -0.4 is 10.1 Å². The lowest BCUT2D eigenvalue weighted by atomic mass is 10.1. The molecule has 1 aliphatic heterocycles. The Kier molecular flexibility index (Phi) is 2.84. The van der Waals surface area contributed by atoms with Crippen molar-refractivity contribution in [3.63, 3.8) is 0 Å². The smallest absolute Gasteiger partial charge is 0.119 e. The molecule has 1 aliphatic rings. The van der Waals surface area contributed by atoms with Gasteiger partial charge >= 0.3 is 0 Å². The molecule has 1 aromatic heterocycles. The summed E-state index contributed by atoms with van der Waals surface area (Å²) in [5, 5.41) is 4.70. The molecule has 90 valence electrons. The molecule has 1 unspecified atom stereocenters. The summed E-state index contributed by atoms with van der Waals surface area (Å²) in [6, 6.07) is 6.56. The molecule has 4 heteroatoms. The van der Waals surface area contributed by atoms with E-state index in [9.17, 15) is 0 Å². The van der Waals surface area contributed by atoms with Gasteiger partial charge in [0.15, 0.2) is 0 Å². The van der Waals surface area contributed by atoms with Crippen LogP contribution >= 0.6 is 15.9 Å². The normalized spacial score (nSPS) is 20.0. The summed E-state index contributed by atoms with van der Waals surface area (Å²) in [5.41, 5.74) is 2.41. The molecule has 2 heterocycles. The van der Waals surface area contributed by atoms with E-state index in [2.05, 4.69) is 38.4 Å². The van der Waals surface area contributed by atoms with Gasteiger partial charge in [-0.25, -0.2) is 0 Å². The fraction of sp³-hybridized carbons (Fsp3) is 0.385. The molecule has 1 saturated heterocycles. The zero-order valence-electron chi connectivity index (χ0n) is 9.72. The number of benzene rings is 1. The standard InChI is InChI=1S/C13H15BrN2O/c1-17-8-4-5-10-9(7-8)12(14)13(16-10)11-3-2-6-15-11/h4-5,7,11,15-16H,2-3,6H2,1H3. The van der Waals surface area contributed by atoms with Crippen molar-refractivity contribution in [2.45, 2.75) is 18.9 Å². The minimum Gasteiger partial charge on any atom is -0.497 e. The summed E-state index contributed by atoms with van der Waals surface area (Å²) in [6.07, 6.45) is 2.44. The van der Waals surface area contributed by atoms with Crippen LogP contribution in [0.15, 0.2) is 22.7 Å². The molecule has 1 fully saturated rings. The van der Waals surface area contributed by atoms with E-state index in [0.29, 0.717) is 6.04 Å². The number of methoxy groups -OCH3 is 1. The van der Waals surface area contributed by atoms with Crippen LogP contribution in [-0.4, -0.2) is 18.6 Å². The number of fused-ring (bicyclic) bond motifs is 1. The molecule has 3 nitrogen and oxygen atoms in total. The van der Waals surface area contributed by atoms with E-state index < -0.39 is 0 Å². The van der Waals surface area contributed by atoms with Gasteiger partial charge in [-0.05, 0) is 53.5 Å². The van der Waals surface area contributed by atoms with Crippen molar-refractivity contribution in [1.29, 1.82) is 0 Å². The second-order valence-corrected chi connectivity index (χ2v) is 5.21. The number of nitrogens with one attached hydrogen (secondary N) is 2. The first-order valence-corrected chi connectivity index (χ1v) is 6.67. The van der Waals surface area contributed by atoms with Crippen LogP contribution in [0, 0.1) is 0 Å². The monoisotopic (exact) mass is 294 g/mol. The third kappa shape index (κ3) is 1.85. The minimum absolute atomic E-state index is 0.447. The van der Waals surface area contributed by atoms with Crippen molar-refractivity contribution in [3.05, 3.63) is 28.4 Å². The molecule has 17 heavy (non-hydrogen) atoms. The van der Waals surface area contributed by atoms with Gasteiger partial charge in [0, 0.05) is 27.1 Å². The maximum Gasteiger partial charge on any atom is 0.119 e. The summed E-state index contributed by atoms with van der Waals surface area (Å²) in [6.45, 7) is 1.11. The van der Waals surface area contributed by atoms with Gasteiger partial charge in [0.25, 0.3) is 0 Å². The van der Waals surface area contributed by atoms with Crippen LogP contribution in [0.4, 0.5) is 0 Å². The average molecular weight is 295 g/mol. The van der Waals surface area contributed by atoms with Crippen molar-refractivity contribution >= 4 is 26.8 Å². The quantitative estimate of drug-likeness (QED) is 0.891. The first-order chi connectivity index (χ1) is 8.29. The van der Waals surface area contributed by atoms with E-state index in [0.717, 1.165) is 22.3 Å². The Bertz CT molecular complexity index is 544. The third-order valence-electron chi connectivity index (χ3n) is 3.38. The molecular weight excluding hydrogens is 280 g/mol. The Morgan fingerprint density at radius 2 is 2.29 bits per heavy atom. The topological polar surface area (TPSA) is 37.0 Å². The SMILES string of the molecule is COc1ccc2[nH]c(C3CCCN3)c(Br)c2c1. The highest BCUT2D eigenvalue weighted by atomic mass is 79.9. The Morgan fingerprint density at radius 3 is 3.00 bits per heavy atom. The van der Waals surface area contributed by atoms with E-state index in [1.807, 2.05) is 6.07 Å². The molecule has 0 bridgehead atoms. The summed E-state index contributed by atoms with van der Waals surface area (Å²) in [4.78, 5) is 3.49. The highest BCUT2D eigenvalue weighted by Gasteiger charge is 2.21. The Morgan fingerprint density at radius 1 is 1.41 bits per heavy atom. The van der Waals surface area contributed by atoms with E-state index in [1.54, 1.807) is 7.11 Å². The first kappa shape index (κ1) is 11.1. The Balaban J connectivity index is 2.11. The van der Waals surface area contributed by atoms with Crippen molar-refractivity contribution < 1.29 is 4.74 Å². The Labute approximate surface area is 109 Å². The van der Waals surface area contributed by atoms with E-state index in [4.69, 9.17) is 4.74 Å². The fourth-order valence-electron chi connectivity index (χ4n) is 2.46. The molecule has 2 N–H and O–H groups in total. The number of rotatable bonds is 2. The number of aromatic nitrogens is 1. The number of hydrogen-bond donors (Lipinski definition) is 2. The minimum atomic E-state index is 0.447. The van der Waals surface area contributed by atoms with Gasteiger partial charge in [0.05, 0.1) is 7.11 Å². The average Bonchev–Trinajstić information content (AvgIpc) is 2.97. The van der Waals surface area contributed by atoms with Crippen LogP contribution in [0.5, 0.6) is 5.75 Å². The van der Waals surface area contributed by atoms with Crippen molar-refractivity contribution in [2.24, 2.45) is 0 Å². The largest absolute Gasteiger partial charge is 0.497 e. The highest BCUT2D eigenvalue weighted by Crippen LogP contribution is 2.36. The lowest BCUT2D eigenvalue weighted by molar-refractivity contribution is 0.415. The van der Waals surface area contributed by atoms with E-state index >= 15 is 0 Å².